The molecule has 0 fully saturated rings. The summed E-state index contributed by atoms with van der Waals surface area (Å²) in [6.45, 7) is 6.75. The number of hydrogen-bond donors (Lipinski definition) is 0. The summed E-state index contributed by atoms with van der Waals surface area (Å²) in [4.78, 5) is 2.31. The monoisotopic (exact) mass is 557 g/mol. The van der Waals surface area contributed by atoms with E-state index in [1.54, 1.807) is 0 Å². The molecule has 208 valence electrons. The van der Waals surface area contributed by atoms with E-state index in [4.69, 9.17) is 8.83 Å². The standard InChI is InChI=1S/C40H31NO2/c1-40(2,3)28-16-12-26(13-17-28)27-14-18-29(19-15-27)41(30-20-22-38-34(24-30)32-8-4-6-10-36(32)42-38)31-21-23-39-35(25-31)33-9-5-7-11-37(33)43-39/h4-25H,1-3H3. The van der Waals surface area contributed by atoms with Crippen LogP contribution in [0, 0.1) is 0 Å². The van der Waals surface area contributed by atoms with Gasteiger partial charge in [-0.05, 0) is 82.8 Å². The van der Waals surface area contributed by atoms with Gasteiger partial charge in [-0.1, -0.05) is 93.6 Å². The molecular formula is C40H31NO2. The average Bonchev–Trinajstić information content (AvgIpc) is 3.59. The highest BCUT2D eigenvalue weighted by Crippen LogP contribution is 2.41. The van der Waals surface area contributed by atoms with Gasteiger partial charge in [0.15, 0.2) is 0 Å². The number of benzene rings is 6. The molecule has 8 rings (SSSR count). The Morgan fingerprint density at radius 1 is 0.419 bits per heavy atom. The van der Waals surface area contributed by atoms with Crippen LogP contribution in [0.4, 0.5) is 17.1 Å². The lowest BCUT2D eigenvalue weighted by Gasteiger charge is -2.26. The van der Waals surface area contributed by atoms with Crippen LogP contribution in [0.25, 0.3) is 55.0 Å². The van der Waals surface area contributed by atoms with Gasteiger partial charge in [0.25, 0.3) is 0 Å². The van der Waals surface area contributed by atoms with Gasteiger partial charge >= 0.3 is 0 Å². The van der Waals surface area contributed by atoms with Crippen molar-refractivity contribution in [2.24, 2.45) is 0 Å². The third kappa shape index (κ3) is 4.36. The molecule has 0 spiro atoms. The first kappa shape index (κ1) is 25.4. The lowest BCUT2D eigenvalue weighted by atomic mass is 9.86. The van der Waals surface area contributed by atoms with Crippen molar-refractivity contribution in [1.29, 1.82) is 0 Å². The SMILES string of the molecule is CC(C)(C)c1ccc(-c2ccc(N(c3ccc4oc5ccccc5c4c3)c3ccc4oc5ccccc5c4c3)cc2)cc1. The molecule has 0 saturated heterocycles. The smallest absolute Gasteiger partial charge is 0.135 e. The molecule has 0 N–H and O–H groups in total. The van der Waals surface area contributed by atoms with Crippen LogP contribution in [0.1, 0.15) is 26.3 Å². The molecule has 0 radical (unpaired) electrons. The van der Waals surface area contributed by atoms with Crippen LogP contribution < -0.4 is 4.90 Å². The van der Waals surface area contributed by atoms with E-state index in [0.29, 0.717) is 0 Å². The molecule has 0 atom stereocenters. The first-order valence-corrected chi connectivity index (χ1v) is 14.8. The maximum absolute atomic E-state index is 6.16. The topological polar surface area (TPSA) is 29.5 Å². The van der Waals surface area contributed by atoms with E-state index in [1.165, 1.54) is 16.7 Å². The Morgan fingerprint density at radius 2 is 0.837 bits per heavy atom. The van der Waals surface area contributed by atoms with Gasteiger partial charge < -0.3 is 13.7 Å². The van der Waals surface area contributed by atoms with Crippen molar-refractivity contribution in [3.05, 3.63) is 139 Å². The fraction of sp³-hybridized carbons (Fsp3) is 0.100. The van der Waals surface area contributed by atoms with Crippen LogP contribution >= 0.6 is 0 Å². The molecule has 3 nitrogen and oxygen atoms in total. The first-order valence-electron chi connectivity index (χ1n) is 14.8. The van der Waals surface area contributed by atoms with E-state index < -0.39 is 0 Å². The van der Waals surface area contributed by atoms with Crippen molar-refractivity contribution in [2.75, 3.05) is 4.90 Å². The lowest BCUT2D eigenvalue weighted by Crippen LogP contribution is -2.10. The summed E-state index contributed by atoms with van der Waals surface area (Å²) in [5.41, 5.74) is 10.6. The minimum Gasteiger partial charge on any atom is -0.456 e. The zero-order valence-corrected chi connectivity index (χ0v) is 24.5. The Morgan fingerprint density at radius 3 is 1.33 bits per heavy atom. The van der Waals surface area contributed by atoms with E-state index >= 15 is 0 Å². The van der Waals surface area contributed by atoms with Crippen LogP contribution in [0.5, 0.6) is 0 Å². The fourth-order valence-electron chi connectivity index (χ4n) is 6.12. The Balaban J connectivity index is 1.27. The third-order valence-electron chi connectivity index (χ3n) is 8.45. The quantitative estimate of drug-likeness (QED) is 0.215. The molecule has 43 heavy (non-hydrogen) atoms. The largest absolute Gasteiger partial charge is 0.456 e. The number of hydrogen-bond acceptors (Lipinski definition) is 3. The summed E-state index contributed by atoms with van der Waals surface area (Å²) in [7, 11) is 0. The van der Waals surface area contributed by atoms with E-state index in [-0.39, 0.29) is 5.41 Å². The molecular weight excluding hydrogens is 526 g/mol. The van der Waals surface area contributed by atoms with E-state index in [9.17, 15) is 0 Å². The zero-order chi connectivity index (χ0) is 29.1. The summed E-state index contributed by atoms with van der Waals surface area (Å²) in [5, 5.41) is 4.43. The van der Waals surface area contributed by atoms with Gasteiger partial charge in [0, 0.05) is 38.6 Å². The Labute approximate surface area is 250 Å². The van der Waals surface area contributed by atoms with Crippen molar-refractivity contribution in [1.82, 2.24) is 0 Å². The lowest BCUT2D eigenvalue weighted by molar-refractivity contribution is 0.590. The second-order valence-corrected chi connectivity index (χ2v) is 12.3. The second-order valence-electron chi connectivity index (χ2n) is 12.3. The molecule has 2 aromatic heterocycles. The van der Waals surface area contributed by atoms with Gasteiger partial charge in [0.05, 0.1) is 0 Å². The summed E-state index contributed by atoms with van der Waals surface area (Å²) < 4.78 is 12.3. The average molecular weight is 558 g/mol. The van der Waals surface area contributed by atoms with Crippen LogP contribution in [0.2, 0.25) is 0 Å². The highest BCUT2D eigenvalue weighted by Gasteiger charge is 2.18. The van der Waals surface area contributed by atoms with Crippen LogP contribution in [-0.4, -0.2) is 0 Å². The molecule has 8 aromatic rings. The number of furan rings is 2. The van der Waals surface area contributed by atoms with Crippen molar-refractivity contribution in [2.45, 2.75) is 26.2 Å². The molecule has 0 amide bonds. The van der Waals surface area contributed by atoms with Gasteiger partial charge in [-0.3, -0.25) is 0 Å². The van der Waals surface area contributed by atoms with Crippen molar-refractivity contribution in [3.8, 4) is 11.1 Å². The maximum Gasteiger partial charge on any atom is 0.135 e. The fourth-order valence-corrected chi connectivity index (χ4v) is 6.12. The predicted octanol–water partition coefficient (Wildman–Crippen LogP) is 11.9. The molecule has 0 saturated carbocycles. The Bertz CT molecular complexity index is 2150. The molecule has 0 aliphatic heterocycles. The Hall–Kier alpha value is -5.28. The molecule has 0 aliphatic rings. The highest BCUT2D eigenvalue weighted by molar-refractivity contribution is 6.08. The summed E-state index contributed by atoms with van der Waals surface area (Å²) in [6.07, 6.45) is 0. The summed E-state index contributed by atoms with van der Waals surface area (Å²) in [5.74, 6) is 0. The zero-order valence-electron chi connectivity index (χ0n) is 24.5. The van der Waals surface area contributed by atoms with Gasteiger partial charge in [0.2, 0.25) is 0 Å². The minimum absolute atomic E-state index is 0.131. The Kier molecular flexibility index (Phi) is 5.70. The maximum atomic E-state index is 6.16. The minimum atomic E-state index is 0.131. The van der Waals surface area contributed by atoms with Gasteiger partial charge in [0.1, 0.15) is 22.3 Å². The second kappa shape index (κ2) is 9.64. The number of anilines is 3. The van der Waals surface area contributed by atoms with E-state index in [0.717, 1.165) is 60.9 Å². The molecule has 0 unspecified atom stereocenters. The summed E-state index contributed by atoms with van der Waals surface area (Å²) >= 11 is 0. The van der Waals surface area contributed by atoms with E-state index in [2.05, 4.69) is 135 Å². The van der Waals surface area contributed by atoms with Crippen LogP contribution in [0.15, 0.2) is 142 Å². The molecule has 6 aromatic carbocycles. The van der Waals surface area contributed by atoms with Gasteiger partial charge in [-0.25, -0.2) is 0 Å². The highest BCUT2D eigenvalue weighted by atomic mass is 16.3. The molecule has 0 bridgehead atoms. The van der Waals surface area contributed by atoms with Crippen LogP contribution in [-0.2, 0) is 5.41 Å². The van der Waals surface area contributed by atoms with Crippen molar-refractivity contribution >= 4 is 60.9 Å². The first-order chi connectivity index (χ1) is 20.9. The number of fused-ring (bicyclic) bond motifs is 6. The molecule has 2 heterocycles. The van der Waals surface area contributed by atoms with Crippen LogP contribution in [0.3, 0.4) is 0 Å². The van der Waals surface area contributed by atoms with Gasteiger partial charge in [-0.2, -0.15) is 0 Å². The van der Waals surface area contributed by atoms with E-state index in [1.807, 2.05) is 24.3 Å². The third-order valence-corrected chi connectivity index (χ3v) is 8.45. The number of nitrogens with zero attached hydrogens (tertiary/aromatic N) is 1. The van der Waals surface area contributed by atoms with Crippen molar-refractivity contribution < 1.29 is 8.83 Å². The predicted molar refractivity (Wildman–Crippen MR) is 180 cm³/mol. The molecule has 3 heteroatoms. The summed E-state index contributed by atoms with van der Waals surface area (Å²) in [6, 6.07) is 47.1. The number of rotatable bonds is 4. The van der Waals surface area contributed by atoms with Gasteiger partial charge in [-0.15, -0.1) is 0 Å². The number of para-hydroxylation sites is 2. The molecule has 0 aliphatic carbocycles. The normalized spacial score (nSPS) is 12.1. The van der Waals surface area contributed by atoms with Crippen molar-refractivity contribution in [3.63, 3.8) is 0 Å².